The fourth-order valence-electron chi connectivity index (χ4n) is 2.23. The lowest BCUT2D eigenvalue weighted by molar-refractivity contribution is 0.103. The summed E-state index contributed by atoms with van der Waals surface area (Å²) >= 11 is 0. The monoisotopic (exact) mass is 271 g/mol. The molecular weight excluding hydrogens is 253 g/mol. The maximum Gasteiger partial charge on any atom is 0.196 e. The fourth-order valence-corrected chi connectivity index (χ4v) is 2.23. The number of nitrogen functional groups attached to an aromatic ring is 1. The summed E-state index contributed by atoms with van der Waals surface area (Å²) in [5.41, 5.74) is 8.16. The molecule has 2 N–H and O–H groups in total. The van der Waals surface area contributed by atoms with Gasteiger partial charge in [0.05, 0.1) is 5.56 Å². The van der Waals surface area contributed by atoms with Crippen LogP contribution in [0.3, 0.4) is 0 Å². The lowest BCUT2D eigenvalue weighted by Gasteiger charge is -2.07. The number of nitrogens with two attached hydrogens (primary N) is 1. The van der Waals surface area contributed by atoms with E-state index in [1.165, 1.54) is 17.7 Å². The van der Waals surface area contributed by atoms with Crippen LogP contribution in [0.15, 0.2) is 36.4 Å². The minimum absolute atomic E-state index is 0.0331. The van der Waals surface area contributed by atoms with Gasteiger partial charge in [-0.3, -0.25) is 4.79 Å². The highest BCUT2D eigenvalue weighted by Crippen LogP contribution is 2.20. The summed E-state index contributed by atoms with van der Waals surface area (Å²) in [4.78, 5) is 12.3. The van der Waals surface area contributed by atoms with Gasteiger partial charge >= 0.3 is 0 Å². The largest absolute Gasteiger partial charge is 0.399 e. The molecule has 0 saturated carbocycles. The summed E-state index contributed by atoms with van der Waals surface area (Å²) in [5, 5.41) is 0. The molecule has 0 heterocycles. The minimum atomic E-state index is -0.498. The minimum Gasteiger partial charge on any atom is -0.399 e. The van der Waals surface area contributed by atoms with Crippen molar-refractivity contribution in [1.82, 2.24) is 0 Å². The molecule has 0 aromatic heterocycles. The van der Waals surface area contributed by atoms with Gasteiger partial charge in [-0.05, 0) is 36.6 Å². The Balaban J connectivity index is 2.36. The number of hydrogen-bond donors (Lipinski definition) is 1. The molecule has 0 amide bonds. The number of benzene rings is 2. The number of ketones is 1. The van der Waals surface area contributed by atoms with Crippen LogP contribution in [-0.2, 0) is 6.42 Å². The van der Waals surface area contributed by atoms with Crippen LogP contribution in [0.2, 0.25) is 0 Å². The van der Waals surface area contributed by atoms with Crippen molar-refractivity contribution in [2.24, 2.45) is 0 Å². The number of carbonyl (C=O) groups is 1. The maximum atomic E-state index is 14.0. The standard InChI is InChI=1S/C17H18FNO/c1-3-4-12-5-7-13(8-6-12)17(20)15-10-14(19)9-11(2)16(15)18/h5-10H,3-4,19H2,1-2H3. The number of halogens is 1. The summed E-state index contributed by atoms with van der Waals surface area (Å²) in [6, 6.07) is 10.2. The van der Waals surface area contributed by atoms with E-state index in [-0.39, 0.29) is 11.3 Å². The van der Waals surface area contributed by atoms with Crippen molar-refractivity contribution < 1.29 is 9.18 Å². The predicted molar refractivity (Wildman–Crippen MR) is 79.4 cm³/mol. The van der Waals surface area contributed by atoms with Crippen molar-refractivity contribution in [2.45, 2.75) is 26.7 Å². The van der Waals surface area contributed by atoms with Gasteiger partial charge in [0.15, 0.2) is 5.78 Å². The van der Waals surface area contributed by atoms with Gasteiger partial charge in [0, 0.05) is 11.3 Å². The summed E-state index contributed by atoms with van der Waals surface area (Å²) in [5.74, 6) is -0.831. The molecule has 0 fully saturated rings. The Morgan fingerprint density at radius 2 is 1.85 bits per heavy atom. The Morgan fingerprint density at radius 3 is 2.45 bits per heavy atom. The summed E-state index contributed by atoms with van der Waals surface area (Å²) in [7, 11) is 0. The van der Waals surface area contributed by atoms with Crippen LogP contribution in [0, 0.1) is 12.7 Å². The highest BCUT2D eigenvalue weighted by Gasteiger charge is 2.16. The molecule has 0 spiro atoms. The molecule has 0 atom stereocenters. The zero-order chi connectivity index (χ0) is 14.7. The maximum absolute atomic E-state index is 14.0. The number of rotatable bonds is 4. The van der Waals surface area contributed by atoms with Crippen LogP contribution in [0.25, 0.3) is 0 Å². The number of carbonyl (C=O) groups excluding carboxylic acids is 1. The number of hydrogen-bond acceptors (Lipinski definition) is 2. The van der Waals surface area contributed by atoms with E-state index in [9.17, 15) is 9.18 Å². The first kappa shape index (κ1) is 14.3. The Morgan fingerprint density at radius 1 is 1.20 bits per heavy atom. The molecule has 0 aliphatic rings. The third-order valence-electron chi connectivity index (χ3n) is 3.28. The second-order valence-corrected chi connectivity index (χ2v) is 4.98. The molecule has 0 aliphatic heterocycles. The summed E-state index contributed by atoms with van der Waals surface area (Å²) < 4.78 is 14.0. The fraction of sp³-hybridized carbons (Fsp3) is 0.235. The van der Waals surface area contributed by atoms with Gasteiger partial charge in [-0.15, -0.1) is 0 Å². The predicted octanol–water partition coefficient (Wildman–Crippen LogP) is 3.90. The van der Waals surface area contributed by atoms with Gasteiger partial charge in [0.1, 0.15) is 5.82 Å². The number of aryl methyl sites for hydroxylation is 2. The molecule has 104 valence electrons. The van der Waals surface area contributed by atoms with E-state index in [1.54, 1.807) is 19.1 Å². The van der Waals surface area contributed by atoms with Crippen LogP contribution >= 0.6 is 0 Å². The van der Waals surface area contributed by atoms with Crippen LogP contribution in [0.5, 0.6) is 0 Å². The van der Waals surface area contributed by atoms with E-state index < -0.39 is 5.82 Å². The van der Waals surface area contributed by atoms with Crippen LogP contribution in [-0.4, -0.2) is 5.78 Å². The Kier molecular flexibility index (Phi) is 4.18. The van der Waals surface area contributed by atoms with E-state index in [0.29, 0.717) is 16.8 Å². The molecule has 20 heavy (non-hydrogen) atoms. The van der Waals surface area contributed by atoms with E-state index >= 15 is 0 Å². The topological polar surface area (TPSA) is 43.1 Å². The van der Waals surface area contributed by atoms with Crippen LogP contribution < -0.4 is 5.73 Å². The molecule has 2 rings (SSSR count). The third kappa shape index (κ3) is 2.87. The van der Waals surface area contributed by atoms with Crippen molar-refractivity contribution in [1.29, 1.82) is 0 Å². The van der Waals surface area contributed by atoms with E-state index in [0.717, 1.165) is 12.8 Å². The van der Waals surface area contributed by atoms with Gasteiger partial charge in [-0.2, -0.15) is 0 Å². The molecule has 0 bridgehead atoms. The van der Waals surface area contributed by atoms with E-state index in [4.69, 9.17) is 5.73 Å². The van der Waals surface area contributed by atoms with Gasteiger partial charge in [-0.25, -0.2) is 4.39 Å². The van der Waals surface area contributed by atoms with Crippen molar-refractivity contribution in [3.63, 3.8) is 0 Å². The summed E-state index contributed by atoms with van der Waals surface area (Å²) in [6.07, 6.45) is 2.02. The van der Waals surface area contributed by atoms with Gasteiger partial charge in [-0.1, -0.05) is 37.6 Å². The highest BCUT2D eigenvalue weighted by atomic mass is 19.1. The molecule has 0 radical (unpaired) electrons. The highest BCUT2D eigenvalue weighted by molar-refractivity contribution is 6.09. The van der Waals surface area contributed by atoms with E-state index in [1.807, 2.05) is 12.1 Å². The second-order valence-electron chi connectivity index (χ2n) is 4.98. The number of anilines is 1. The van der Waals surface area contributed by atoms with Crippen LogP contribution in [0.4, 0.5) is 10.1 Å². The average molecular weight is 271 g/mol. The first-order valence-electron chi connectivity index (χ1n) is 6.72. The molecule has 2 nitrogen and oxygen atoms in total. The molecular formula is C17H18FNO. The molecule has 0 unspecified atom stereocenters. The Hall–Kier alpha value is -2.16. The van der Waals surface area contributed by atoms with Gasteiger partial charge in [0.2, 0.25) is 0 Å². The first-order chi connectivity index (χ1) is 9.52. The molecule has 3 heteroatoms. The van der Waals surface area contributed by atoms with Gasteiger partial charge in [0.25, 0.3) is 0 Å². The lowest BCUT2D eigenvalue weighted by atomic mass is 9.98. The lowest BCUT2D eigenvalue weighted by Crippen LogP contribution is -2.07. The van der Waals surface area contributed by atoms with Gasteiger partial charge < -0.3 is 5.73 Å². The Bertz CT molecular complexity index is 632. The average Bonchev–Trinajstić information content (AvgIpc) is 2.43. The Labute approximate surface area is 118 Å². The third-order valence-corrected chi connectivity index (χ3v) is 3.28. The van der Waals surface area contributed by atoms with Crippen LogP contribution in [0.1, 0.15) is 40.4 Å². The quantitative estimate of drug-likeness (QED) is 0.677. The van der Waals surface area contributed by atoms with Crippen molar-refractivity contribution in [2.75, 3.05) is 5.73 Å². The summed E-state index contributed by atoms with van der Waals surface area (Å²) in [6.45, 7) is 3.71. The van der Waals surface area contributed by atoms with E-state index in [2.05, 4.69) is 6.92 Å². The SMILES string of the molecule is CCCc1ccc(C(=O)c2cc(N)cc(C)c2F)cc1. The molecule has 0 aliphatic carbocycles. The van der Waals surface area contributed by atoms with Crippen molar-refractivity contribution in [3.05, 3.63) is 64.5 Å². The zero-order valence-corrected chi connectivity index (χ0v) is 11.7. The molecule has 2 aromatic carbocycles. The first-order valence-corrected chi connectivity index (χ1v) is 6.72. The van der Waals surface area contributed by atoms with Crippen molar-refractivity contribution in [3.8, 4) is 0 Å². The smallest absolute Gasteiger partial charge is 0.196 e. The molecule has 2 aromatic rings. The van der Waals surface area contributed by atoms with Crippen molar-refractivity contribution >= 4 is 11.5 Å². The second kappa shape index (κ2) is 5.87. The zero-order valence-electron chi connectivity index (χ0n) is 11.7. The normalized spacial score (nSPS) is 10.6. The molecule has 0 saturated heterocycles.